The molecular weight excluding hydrogens is 330 g/mol. The molecule has 0 radical (unpaired) electrons. The molecule has 0 aliphatic heterocycles. The Balaban J connectivity index is 1.70. The summed E-state index contributed by atoms with van der Waals surface area (Å²) in [5, 5.41) is 9.08. The van der Waals surface area contributed by atoms with E-state index in [1.807, 2.05) is 67.6 Å². The highest BCUT2D eigenvalue weighted by Gasteiger charge is 2.31. The van der Waals surface area contributed by atoms with E-state index >= 15 is 0 Å². The van der Waals surface area contributed by atoms with Crippen molar-refractivity contribution in [3.63, 3.8) is 0 Å². The normalized spacial score (nSPS) is 15.1. The highest BCUT2D eigenvalue weighted by atomic mass is 32.2. The number of aryl methyl sites for hydroxylation is 1. The van der Waals surface area contributed by atoms with Gasteiger partial charge in [-0.15, -0.1) is 10.2 Å². The Morgan fingerprint density at radius 1 is 1.04 bits per heavy atom. The molecule has 1 saturated carbocycles. The number of hydrogen-bond donors (Lipinski definition) is 0. The predicted octanol–water partition coefficient (Wildman–Crippen LogP) is 4.64. The fraction of sp³-hybridized carbons (Fsp3) is 0.250. The summed E-state index contributed by atoms with van der Waals surface area (Å²) in [5.74, 6) is 1.02. The first kappa shape index (κ1) is 16.1. The van der Waals surface area contributed by atoms with Gasteiger partial charge in [-0.1, -0.05) is 72.4 Å². The van der Waals surface area contributed by atoms with E-state index in [9.17, 15) is 4.79 Å². The lowest BCUT2D eigenvalue weighted by Crippen LogP contribution is -2.11. The summed E-state index contributed by atoms with van der Waals surface area (Å²) in [6.07, 6.45) is 2.32. The molecule has 3 aromatic rings. The van der Waals surface area contributed by atoms with Gasteiger partial charge in [0, 0.05) is 11.6 Å². The molecule has 4 rings (SSSR count). The van der Waals surface area contributed by atoms with Crippen molar-refractivity contribution in [3.8, 4) is 0 Å². The van der Waals surface area contributed by atoms with Crippen LogP contribution in [0.3, 0.4) is 0 Å². The second-order valence-corrected chi connectivity index (χ2v) is 7.34. The lowest BCUT2D eigenvalue weighted by molar-refractivity contribution is 0.0989. The number of carbonyl (C=O) groups excluding carboxylic acids is 1. The number of Topliss-reactive ketones (excluding diaryl/α,β-unsaturated/α-hetero) is 1. The van der Waals surface area contributed by atoms with Crippen molar-refractivity contribution in [2.75, 3.05) is 0 Å². The van der Waals surface area contributed by atoms with Crippen LogP contribution in [-0.2, 0) is 0 Å². The Morgan fingerprint density at radius 3 is 2.32 bits per heavy atom. The van der Waals surface area contributed by atoms with Gasteiger partial charge in [0.05, 0.1) is 0 Å². The Morgan fingerprint density at radius 2 is 1.68 bits per heavy atom. The van der Waals surface area contributed by atoms with Gasteiger partial charge >= 0.3 is 0 Å². The zero-order valence-electron chi connectivity index (χ0n) is 14.0. The van der Waals surface area contributed by atoms with Crippen LogP contribution >= 0.6 is 11.8 Å². The molecule has 0 unspecified atom stereocenters. The summed E-state index contributed by atoms with van der Waals surface area (Å²) in [5.41, 5.74) is 1.71. The van der Waals surface area contributed by atoms with Crippen molar-refractivity contribution < 1.29 is 4.79 Å². The number of aromatic nitrogens is 3. The van der Waals surface area contributed by atoms with Gasteiger partial charge in [0.25, 0.3) is 0 Å². The van der Waals surface area contributed by atoms with E-state index in [0.717, 1.165) is 34.9 Å². The quantitative estimate of drug-likeness (QED) is 0.480. The Labute approximate surface area is 151 Å². The van der Waals surface area contributed by atoms with Crippen molar-refractivity contribution in [1.82, 2.24) is 14.8 Å². The third kappa shape index (κ3) is 3.37. The first-order valence-corrected chi connectivity index (χ1v) is 9.34. The predicted molar refractivity (Wildman–Crippen MR) is 98.8 cm³/mol. The van der Waals surface area contributed by atoms with Crippen LogP contribution in [0.15, 0.2) is 65.8 Å². The molecule has 1 aliphatic rings. The molecule has 0 spiro atoms. The van der Waals surface area contributed by atoms with Crippen LogP contribution in [0.2, 0.25) is 0 Å². The average Bonchev–Trinajstić information content (AvgIpc) is 3.43. The number of thioether (sulfide) groups is 1. The molecule has 126 valence electrons. The van der Waals surface area contributed by atoms with Crippen molar-refractivity contribution >= 4 is 17.5 Å². The van der Waals surface area contributed by atoms with Crippen LogP contribution in [0, 0.1) is 6.92 Å². The lowest BCUT2D eigenvalue weighted by Gasteiger charge is -2.16. The molecular formula is C20H19N3OS. The minimum Gasteiger partial charge on any atom is -0.303 e. The molecule has 1 aliphatic carbocycles. The van der Waals surface area contributed by atoms with Gasteiger partial charge in [0.2, 0.25) is 0 Å². The first-order valence-electron chi connectivity index (χ1n) is 8.46. The van der Waals surface area contributed by atoms with Gasteiger partial charge < -0.3 is 4.57 Å². The zero-order chi connectivity index (χ0) is 17.2. The summed E-state index contributed by atoms with van der Waals surface area (Å²) in [6.45, 7) is 1.98. The monoisotopic (exact) mass is 349 g/mol. The van der Waals surface area contributed by atoms with E-state index in [1.54, 1.807) is 0 Å². The van der Waals surface area contributed by atoms with Crippen LogP contribution in [0.4, 0.5) is 0 Å². The van der Waals surface area contributed by atoms with Crippen molar-refractivity contribution in [2.24, 2.45) is 0 Å². The molecule has 1 fully saturated rings. The third-order valence-electron chi connectivity index (χ3n) is 4.37. The molecule has 2 aromatic carbocycles. The number of hydrogen-bond acceptors (Lipinski definition) is 4. The minimum absolute atomic E-state index is 0.0970. The van der Waals surface area contributed by atoms with Gasteiger partial charge in [-0.3, -0.25) is 4.79 Å². The summed E-state index contributed by atoms with van der Waals surface area (Å²) in [6, 6.07) is 19.9. The first-order chi connectivity index (χ1) is 12.2. The Kier molecular flexibility index (Phi) is 4.40. The van der Waals surface area contributed by atoms with Crippen LogP contribution in [0.5, 0.6) is 0 Å². The largest absolute Gasteiger partial charge is 0.303 e. The van der Waals surface area contributed by atoms with Crippen LogP contribution in [0.25, 0.3) is 0 Å². The fourth-order valence-electron chi connectivity index (χ4n) is 2.94. The number of rotatable bonds is 6. The fourth-order valence-corrected chi connectivity index (χ4v) is 4.17. The van der Waals surface area contributed by atoms with E-state index in [0.29, 0.717) is 6.04 Å². The summed E-state index contributed by atoms with van der Waals surface area (Å²) >= 11 is 1.50. The van der Waals surface area contributed by atoms with Gasteiger partial charge in [0.1, 0.15) is 11.1 Å². The lowest BCUT2D eigenvalue weighted by atomic mass is 10.0. The van der Waals surface area contributed by atoms with E-state index < -0.39 is 0 Å². The molecule has 25 heavy (non-hydrogen) atoms. The Hall–Kier alpha value is -2.40. The SMILES string of the molecule is Cc1nnc(S[C@@H](C(=O)c2ccccc2)c2ccccc2)n1C1CC1. The van der Waals surface area contributed by atoms with Crippen molar-refractivity contribution in [2.45, 2.75) is 36.2 Å². The maximum Gasteiger partial charge on any atom is 0.192 e. The summed E-state index contributed by atoms with van der Waals surface area (Å²) < 4.78 is 2.18. The van der Waals surface area contributed by atoms with E-state index in [2.05, 4.69) is 14.8 Å². The van der Waals surface area contributed by atoms with E-state index in [-0.39, 0.29) is 11.0 Å². The molecule has 4 nitrogen and oxygen atoms in total. The van der Waals surface area contributed by atoms with E-state index in [4.69, 9.17) is 0 Å². The second-order valence-electron chi connectivity index (χ2n) is 6.27. The van der Waals surface area contributed by atoms with Crippen LogP contribution in [-0.4, -0.2) is 20.5 Å². The molecule has 0 saturated heterocycles. The Bertz CT molecular complexity index is 872. The highest BCUT2D eigenvalue weighted by molar-refractivity contribution is 8.00. The third-order valence-corrected chi connectivity index (χ3v) is 5.58. The molecule has 0 N–H and O–H groups in total. The van der Waals surface area contributed by atoms with Crippen LogP contribution in [0.1, 0.15) is 45.9 Å². The standard InChI is InChI=1S/C20H19N3OS/c1-14-21-22-20(23(14)17-12-13-17)25-19(16-10-6-3-7-11-16)18(24)15-8-4-2-5-9-15/h2-11,17,19H,12-13H2,1H3/t19-/m1/s1. The number of benzene rings is 2. The molecule has 0 bridgehead atoms. The summed E-state index contributed by atoms with van der Waals surface area (Å²) in [4.78, 5) is 13.2. The van der Waals surface area contributed by atoms with E-state index in [1.165, 1.54) is 11.8 Å². The van der Waals surface area contributed by atoms with Crippen molar-refractivity contribution in [3.05, 3.63) is 77.6 Å². The van der Waals surface area contributed by atoms with Gasteiger partial charge in [-0.25, -0.2) is 0 Å². The molecule has 5 heteroatoms. The summed E-state index contributed by atoms with van der Waals surface area (Å²) in [7, 11) is 0. The van der Waals surface area contributed by atoms with Crippen LogP contribution < -0.4 is 0 Å². The number of carbonyl (C=O) groups is 1. The molecule has 0 amide bonds. The number of ketones is 1. The van der Waals surface area contributed by atoms with Crippen molar-refractivity contribution in [1.29, 1.82) is 0 Å². The number of nitrogens with zero attached hydrogens (tertiary/aromatic N) is 3. The average molecular weight is 349 g/mol. The maximum atomic E-state index is 13.2. The highest BCUT2D eigenvalue weighted by Crippen LogP contribution is 2.43. The molecule has 1 atom stereocenters. The smallest absolute Gasteiger partial charge is 0.192 e. The molecule has 1 heterocycles. The zero-order valence-corrected chi connectivity index (χ0v) is 14.8. The minimum atomic E-state index is -0.329. The van der Waals surface area contributed by atoms with Gasteiger partial charge in [-0.2, -0.15) is 0 Å². The van der Waals surface area contributed by atoms with Gasteiger partial charge in [0.15, 0.2) is 10.9 Å². The molecule has 1 aromatic heterocycles. The second kappa shape index (κ2) is 6.84. The van der Waals surface area contributed by atoms with Gasteiger partial charge in [-0.05, 0) is 25.3 Å². The maximum absolute atomic E-state index is 13.2. The topological polar surface area (TPSA) is 47.8 Å².